The second kappa shape index (κ2) is 9.30. The van der Waals surface area contributed by atoms with Crippen LogP contribution in [0.1, 0.15) is 26.2 Å². The Labute approximate surface area is 157 Å². The standard InChI is InChI=1S/C18H25ClN4O3/c1-2-8-25-11-7-23-17-14(3-4-15(19)22-17)21-16(18(23)24)20-12-13-5-9-26-10-6-13/h3-4,13H,2,5-12H2,1H3,(H,20,21). The predicted molar refractivity (Wildman–Crippen MR) is 102 cm³/mol. The number of ether oxygens (including phenoxy) is 2. The Morgan fingerprint density at radius 2 is 2.12 bits per heavy atom. The van der Waals surface area contributed by atoms with Crippen LogP contribution in [0.25, 0.3) is 11.2 Å². The van der Waals surface area contributed by atoms with Gasteiger partial charge in [0.1, 0.15) is 10.7 Å². The van der Waals surface area contributed by atoms with Gasteiger partial charge in [-0.15, -0.1) is 0 Å². The molecule has 8 heteroatoms. The highest BCUT2D eigenvalue weighted by Crippen LogP contribution is 2.17. The number of hydrogen-bond acceptors (Lipinski definition) is 6. The smallest absolute Gasteiger partial charge is 0.295 e. The zero-order valence-electron chi connectivity index (χ0n) is 15.0. The average Bonchev–Trinajstić information content (AvgIpc) is 2.66. The summed E-state index contributed by atoms with van der Waals surface area (Å²) in [6, 6.07) is 3.47. The maximum atomic E-state index is 12.9. The molecule has 1 aliphatic heterocycles. The minimum Gasteiger partial charge on any atom is -0.381 e. The molecule has 0 spiro atoms. The SMILES string of the molecule is CCCOCCn1c(=O)c(NCC2CCOCC2)nc2ccc(Cl)nc21. The molecule has 1 N–H and O–H groups in total. The molecule has 1 fully saturated rings. The summed E-state index contributed by atoms with van der Waals surface area (Å²) in [4.78, 5) is 21.7. The van der Waals surface area contributed by atoms with Crippen molar-refractivity contribution in [1.82, 2.24) is 14.5 Å². The zero-order chi connectivity index (χ0) is 18.4. The molecule has 1 saturated heterocycles. The first-order valence-corrected chi connectivity index (χ1v) is 9.53. The minimum atomic E-state index is -0.195. The summed E-state index contributed by atoms with van der Waals surface area (Å²) >= 11 is 6.02. The van der Waals surface area contributed by atoms with E-state index in [1.165, 1.54) is 0 Å². The lowest BCUT2D eigenvalue weighted by molar-refractivity contribution is 0.0699. The summed E-state index contributed by atoms with van der Waals surface area (Å²) in [6.07, 6.45) is 2.93. The highest BCUT2D eigenvalue weighted by Gasteiger charge is 2.17. The quantitative estimate of drug-likeness (QED) is 0.560. The van der Waals surface area contributed by atoms with E-state index in [2.05, 4.69) is 15.3 Å². The highest BCUT2D eigenvalue weighted by atomic mass is 35.5. The van der Waals surface area contributed by atoms with Crippen molar-refractivity contribution in [3.63, 3.8) is 0 Å². The summed E-state index contributed by atoms with van der Waals surface area (Å²) in [7, 11) is 0. The molecule has 1 aliphatic rings. The topological polar surface area (TPSA) is 78.3 Å². The first-order chi connectivity index (χ1) is 12.7. The number of pyridine rings is 1. The Morgan fingerprint density at radius 1 is 1.31 bits per heavy atom. The Bertz CT molecular complexity index is 790. The van der Waals surface area contributed by atoms with Gasteiger partial charge in [0.25, 0.3) is 5.56 Å². The Kier molecular flexibility index (Phi) is 6.82. The van der Waals surface area contributed by atoms with Crippen molar-refractivity contribution >= 4 is 28.6 Å². The lowest BCUT2D eigenvalue weighted by atomic mass is 10.0. The second-order valence-corrected chi connectivity index (χ2v) is 6.83. The molecule has 7 nitrogen and oxygen atoms in total. The fourth-order valence-electron chi connectivity index (χ4n) is 3.01. The fourth-order valence-corrected chi connectivity index (χ4v) is 3.16. The maximum absolute atomic E-state index is 12.9. The van der Waals surface area contributed by atoms with Gasteiger partial charge in [0, 0.05) is 26.4 Å². The van der Waals surface area contributed by atoms with E-state index in [9.17, 15) is 4.79 Å². The number of anilines is 1. The fraction of sp³-hybridized carbons (Fsp3) is 0.611. The zero-order valence-corrected chi connectivity index (χ0v) is 15.8. The van der Waals surface area contributed by atoms with Crippen LogP contribution in [0, 0.1) is 5.92 Å². The molecular weight excluding hydrogens is 356 g/mol. The van der Waals surface area contributed by atoms with E-state index in [1.54, 1.807) is 16.7 Å². The van der Waals surface area contributed by atoms with Crippen LogP contribution in [0.5, 0.6) is 0 Å². The van der Waals surface area contributed by atoms with E-state index in [1.807, 2.05) is 6.92 Å². The van der Waals surface area contributed by atoms with E-state index < -0.39 is 0 Å². The average molecular weight is 381 g/mol. The van der Waals surface area contributed by atoms with Crippen LogP contribution in [0.15, 0.2) is 16.9 Å². The van der Waals surface area contributed by atoms with Crippen molar-refractivity contribution in [3.8, 4) is 0 Å². The van der Waals surface area contributed by atoms with Gasteiger partial charge < -0.3 is 14.8 Å². The molecule has 2 aromatic heterocycles. The lowest BCUT2D eigenvalue weighted by Crippen LogP contribution is -2.30. The van der Waals surface area contributed by atoms with Crippen molar-refractivity contribution < 1.29 is 9.47 Å². The third-order valence-corrected chi connectivity index (χ3v) is 4.67. The third-order valence-electron chi connectivity index (χ3n) is 4.46. The summed E-state index contributed by atoms with van der Waals surface area (Å²) in [5, 5.41) is 3.57. The van der Waals surface area contributed by atoms with Crippen molar-refractivity contribution in [2.45, 2.75) is 32.7 Å². The molecule has 0 aromatic carbocycles. The molecule has 3 heterocycles. The van der Waals surface area contributed by atoms with Gasteiger partial charge in [0.2, 0.25) is 0 Å². The Hall–Kier alpha value is -1.70. The molecule has 0 bridgehead atoms. The normalized spacial score (nSPS) is 15.5. The van der Waals surface area contributed by atoms with Crippen molar-refractivity contribution in [1.29, 1.82) is 0 Å². The largest absolute Gasteiger partial charge is 0.381 e. The maximum Gasteiger partial charge on any atom is 0.295 e. The number of nitrogens with zero attached hydrogens (tertiary/aromatic N) is 3. The molecule has 0 atom stereocenters. The first kappa shape index (κ1) is 19.1. The van der Waals surface area contributed by atoms with Crippen LogP contribution >= 0.6 is 11.6 Å². The third kappa shape index (κ3) is 4.72. The van der Waals surface area contributed by atoms with E-state index >= 15 is 0 Å². The molecule has 0 radical (unpaired) electrons. The van der Waals surface area contributed by atoms with Crippen LogP contribution in [-0.4, -0.2) is 47.5 Å². The molecule has 26 heavy (non-hydrogen) atoms. The first-order valence-electron chi connectivity index (χ1n) is 9.15. The van der Waals surface area contributed by atoms with Gasteiger partial charge >= 0.3 is 0 Å². The van der Waals surface area contributed by atoms with Crippen LogP contribution < -0.4 is 10.9 Å². The van der Waals surface area contributed by atoms with E-state index in [4.69, 9.17) is 21.1 Å². The highest BCUT2D eigenvalue weighted by molar-refractivity contribution is 6.29. The molecule has 0 amide bonds. The van der Waals surface area contributed by atoms with Crippen LogP contribution in [0.3, 0.4) is 0 Å². The number of halogens is 1. The number of fused-ring (bicyclic) bond motifs is 1. The van der Waals surface area contributed by atoms with E-state index in [-0.39, 0.29) is 5.56 Å². The van der Waals surface area contributed by atoms with Gasteiger partial charge in [-0.3, -0.25) is 9.36 Å². The van der Waals surface area contributed by atoms with Gasteiger partial charge in [-0.25, -0.2) is 9.97 Å². The van der Waals surface area contributed by atoms with Crippen molar-refractivity contribution in [2.75, 3.05) is 38.3 Å². The molecule has 2 aromatic rings. The van der Waals surface area contributed by atoms with Gasteiger partial charge in [0.15, 0.2) is 11.5 Å². The minimum absolute atomic E-state index is 0.195. The second-order valence-electron chi connectivity index (χ2n) is 6.44. The van der Waals surface area contributed by atoms with Crippen molar-refractivity contribution in [3.05, 3.63) is 27.6 Å². The molecule has 0 unspecified atom stereocenters. The Balaban J connectivity index is 1.84. The number of rotatable bonds is 8. The molecule has 3 rings (SSSR count). The van der Waals surface area contributed by atoms with Crippen LogP contribution in [0.4, 0.5) is 5.82 Å². The summed E-state index contributed by atoms with van der Waals surface area (Å²) < 4.78 is 12.5. The monoisotopic (exact) mass is 380 g/mol. The summed E-state index contributed by atoms with van der Waals surface area (Å²) in [5.74, 6) is 0.842. The van der Waals surface area contributed by atoms with Crippen LogP contribution in [-0.2, 0) is 16.0 Å². The van der Waals surface area contributed by atoms with Gasteiger partial charge in [-0.05, 0) is 37.3 Å². The number of nitrogens with one attached hydrogen (secondary N) is 1. The number of hydrogen-bond donors (Lipinski definition) is 1. The van der Waals surface area contributed by atoms with Crippen LogP contribution in [0.2, 0.25) is 5.15 Å². The van der Waals surface area contributed by atoms with E-state index in [0.717, 1.165) is 32.5 Å². The molecule has 142 valence electrons. The van der Waals surface area contributed by atoms with Gasteiger partial charge in [-0.2, -0.15) is 0 Å². The van der Waals surface area contributed by atoms with Gasteiger partial charge in [-0.1, -0.05) is 18.5 Å². The molecule has 0 saturated carbocycles. The molecular formula is C18H25ClN4O3. The Morgan fingerprint density at radius 3 is 2.88 bits per heavy atom. The van der Waals surface area contributed by atoms with Crippen molar-refractivity contribution in [2.24, 2.45) is 5.92 Å². The van der Waals surface area contributed by atoms with Gasteiger partial charge in [0.05, 0.1) is 13.2 Å². The summed E-state index contributed by atoms with van der Waals surface area (Å²) in [5.41, 5.74) is 0.928. The molecule has 0 aliphatic carbocycles. The number of aromatic nitrogens is 3. The summed E-state index contributed by atoms with van der Waals surface area (Å²) in [6.45, 7) is 5.84. The van der Waals surface area contributed by atoms with E-state index in [0.29, 0.717) is 54.4 Å². The lowest BCUT2D eigenvalue weighted by Gasteiger charge is -2.22. The predicted octanol–water partition coefficient (Wildman–Crippen LogP) is 2.71.